The highest BCUT2D eigenvalue weighted by Crippen LogP contribution is 2.21. The van der Waals surface area contributed by atoms with Crippen LogP contribution in [0, 0.1) is 5.82 Å². The predicted octanol–water partition coefficient (Wildman–Crippen LogP) is 3.48. The highest BCUT2D eigenvalue weighted by Gasteiger charge is 2.21. The molecule has 2 aromatic rings. The summed E-state index contributed by atoms with van der Waals surface area (Å²) in [5.74, 6) is -1.33. The Morgan fingerprint density at radius 1 is 1.08 bits per heavy atom. The fourth-order valence-electron chi connectivity index (χ4n) is 2.18. The van der Waals surface area contributed by atoms with E-state index < -0.39 is 11.9 Å². The van der Waals surface area contributed by atoms with E-state index in [0.29, 0.717) is 5.69 Å². The molecule has 4 nitrogen and oxygen atoms in total. The summed E-state index contributed by atoms with van der Waals surface area (Å²) >= 11 is 0. The summed E-state index contributed by atoms with van der Waals surface area (Å²) in [7, 11) is 1.25. The highest BCUT2D eigenvalue weighted by molar-refractivity contribution is 6.07. The predicted molar refractivity (Wildman–Crippen MR) is 89.8 cm³/mol. The topological polar surface area (TPSA) is 46.6 Å². The van der Waals surface area contributed by atoms with Crippen molar-refractivity contribution in [3.63, 3.8) is 0 Å². The molecule has 0 spiro atoms. The number of halogens is 1. The highest BCUT2D eigenvalue weighted by atomic mass is 19.1. The first-order valence-corrected chi connectivity index (χ1v) is 7.37. The first-order chi connectivity index (χ1) is 11.5. The minimum absolute atomic E-state index is 0.113. The lowest BCUT2D eigenvalue weighted by molar-refractivity contribution is -0.140. The SMILES string of the molecule is C=C(CC(=O)OC)C(=O)N(Cc1ccccc1)c1ccc(F)cc1. The van der Waals surface area contributed by atoms with Crippen molar-refractivity contribution in [3.8, 4) is 0 Å². The first-order valence-electron chi connectivity index (χ1n) is 7.37. The third kappa shape index (κ3) is 4.52. The fraction of sp³-hybridized carbons (Fsp3) is 0.158. The number of carbonyl (C=O) groups is 2. The molecule has 0 aromatic heterocycles. The summed E-state index contributed by atoms with van der Waals surface area (Å²) in [6, 6.07) is 15.0. The molecule has 1 amide bonds. The summed E-state index contributed by atoms with van der Waals surface area (Å²) in [6.07, 6.45) is -0.193. The van der Waals surface area contributed by atoms with E-state index in [9.17, 15) is 14.0 Å². The van der Waals surface area contributed by atoms with Crippen LogP contribution in [0.2, 0.25) is 0 Å². The van der Waals surface area contributed by atoms with E-state index in [1.165, 1.54) is 36.3 Å². The Morgan fingerprint density at radius 3 is 2.29 bits per heavy atom. The van der Waals surface area contributed by atoms with Crippen LogP contribution in [0.5, 0.6) is 0 Å². The standard InChI is InChI=1S/C19H18FNO3/c1-14(12-18(22)24-2)19(23)21(13-15-6-4-3-5-7-15)17-10-8-16(20)9-11-17/h3-11H,1,12-13H2,2H3. The Bertz CT molecular complexity index is 726. The molecule has 0 aliphatic heterocycles. The van der Waals surface area contributed by atoms with Gasteiger partial charge in [-0.1, -0.05) is 36.9 Å². The van der Waals surface area contributed by atoms with Gasteiger partial charge in [0.05, 0.1) is 20.1 Å². The van der Waals surface area contributed by atoms with Crippen LogP contribution in [-0.2, 0) is 20.9 Å². The minimum Gasteiger partial charge on any atom is -0.469 e. The molecule has 0 unspecified atom stereocenters. The number of rotatable bonds is 6. The Labute approximate surface area is 140 Å². The second-order valence-electron chi connectivity index (χ2n) is 5.21. The van der Waals surface area contributed by atoms with Crippen LogP contribution in [0.25, 0.3) is 0 Å². The molecule has 5 heteroatoms. The van der Waals surface area contributed by atoms with E-state index in [2.05, 4.69) is 11.3 Å². The smallest absolute Gasteiger partial charge is 0.310 e. The first kappa shape index (κ1) is 17.4. The molecule has 0 aliphatic carbocycles. The molecule has 0 saturated heterocycles. The van der Waals surface area contributed by atoms with Crippen LogP contribution in [0.4, 0.5) is 10.1 Å². The molecule has 0 heterocycles. The van der Waals surface area contributed by atoms with Gasteiger partial charge in [-0.05, 0) is 29.8 Å². The zero-order chi connectivity index (χ0) is 17.5. The van der Waals surface area contributed by atoms with Crippen molar-refractivity contribution in [1.29, 1.82) is 0 Å². The molecule has 0 bridgehead atoms. The number of amides is 1. The van der Waals surface area contributed by atoms with Crippen molar-refractivity contribution in [2.45, 2.75) is 13.0 Å². The fourth-order valence-corrected chi connectivity index (χ4v) is 2.18. The number of hydrogen-bond donors (Lipinski definition) is 0. The molecular weight excluding hydrogens is 309 g/mol. The summed E-state index contributed by atoms with van der Waals surface area (Å²) in [4.78, 5) is 25.6. The number of ether oxygens (including phenoxy) is 1. The van der Waals surface area contributed by atoms with E-state index in [4.69, 9.17) is 0 Å². The lowest BCUT2D eigenvalue weighted by Gasteiger charge is -2.24. The van der Waals surface area contributed by atoms with Gasteiger partial charge in [-0.2, -0.15) is 0 Å². The van der Waals surface area contributed by atoms with Gasteiger partial charge in [0.15, 0.2) is 0 Å². The quantitative estimate of drug-likeness (QED) is 0.603. The number of esters is 1. The number of hydrogen-bond acceptors (Lipinski definition) is 3. The van der Waals surface area contributed by atoms with Gasteiger partial charge in [0.2, 0.25) is 0 Å². The maximum atomic E-state index is 13.2. The average Bonchev–Trinajstić information content (AvgIpc) is 2.60. The Kier molecular flexibility index (Phi) is 5.84. The molecule has 0 fully saturated rings. The summed E-state index contributed by atoms with van der Waals surface area (Å²) < 4.78 is 17.7. The van der Waals surface area contributed by atoms with Gasteiger partial charge in [-0.25, -0.2) is 4.39 Å². The van der Waals surface area contributed by atoms with E-state index in [-0.39, 0.29) is 24.4 Å². The van der Waals surface area contributed by atoms with E-state index >= 15 is 0 Å². The molecule has 0 aliphatic rings. The number of benzene rings is 2. The van der Waals surface area contributed by atoms with Crippen LogP contribution in [0.3, 0.4) is 0 Å². The van der Waals surface area contributed by atoms with E-state index in [1.54, 1.807) is 0 Å². The second-order valence-corrected chi connectivity index (χ2v) is 5.21. The third-order valence-electron chi connectivity index (χ3n) is 3.45. The van der Waals surface area contributed by atoms with Crippen molar-refractivity contribution in [2.75, 3.05) is 12.0 Å². The molecule has 0 radical (unpaired) electrons. The van der Waals surface area contributed by atoms with Crippen molar-refractivity contribution in [1.82, 2.24) is 0 Å². The molecule has 124 valence electrons. The monoisotopic (exact) mass is 327 g/mol. The summed E-state index contributed by atoms with van der Waals surface area (Å²) in [5.41, 5.74) is 1.54. The van der Waals surface area contributed by atoms with Gasteiger partial charge in [0, 0.05) is 11.3 Å². The van der Waals surface area contributed by atoms with Gasteiger partial charge in [0.25, 0.3) is 5.91 Å². The Balaban J connectivity index is 2.28. The average molecular weight is 327 g/mol. The summed E-state index contributed by atoms with van der Waals surface area (Å²) in [6.45, 7) is 3.97. The van der Waals surface area contributed by atoms with Crippen LogP contribution < -0.4 is 4.90 Å². The van der Waals surface area contributed by atoms with Gasteiger partial charge < -0.3 is 9.64 Å². The normalized spacial score (nSPS) is 10.1. The van der Waals surface area contributed by atoms with Crippen molar-refractivity contribution in [2.24, 2.45) is 0 Å². The van der Waals surface area contributed by atoms with Crippen molar-refractivity contribution in [3.05, 3.63) is 78.1 Å². The van der Waals surface area contributed by atoms with Crippen molar-refractivity contribution >= 4 is 17.6 Å². The molecule has 0 atom stereocenters. The Morgan fingerprint density at radius 2 is 1.71 bits per heavy atom. The van der Waals surface area contributed by atoms with Gasteiger partial charge in [0.1, 0.15) is 5.82 Å². The third-order valence-corrected chi connectivity index (χ3v) is 3.45. The lowest BCUT2D eigenvalue weighted by Crippen LogP contribution is -2.32. The van der Waals surface area contributed by atoms with E-state index in [1.807, 2.05) is 30.3 Å². The van der Waals surface area contributed by atoms with Gasteiger partial charge in [-0.3, -0.25) is 9.59 Å². The van der Waals surface area contributed by atoms with Crippen LogP contribution in [0.15, 0.2) is 66.7 Å². The molecule has 0 N–H and O–H groups in total. The number of methoxy groups -OCH3 is 1. The molecule has 2 rings (SSSR count). The van der Waals surface area contributed by atoms with Crippen LogP contribution in [-0.4, -0.2) is 19.0 Å². The number of anilines is 1. The molecular formula is C19H18FNO3. The minimum atomic E-state index is -0.535. The van der Waals surface area contributed by atoms with Crippen molar-refractivity contribution < 1.29 is 18.7 Å². The maximum Gasteiger partial charge on any atom is 0.310 e. The molecule has 0 saturated carbocycles. The van der Waals surface area contributed by atoms with Gasteiger partial charge >= 0.3 is 5.97 Å². The lowest BCUT2D eigenvalue weighted by atomic mass is 10.1. The van der Waals surface area contributed by atoms with E-state index in [0.717, 1.165) is 5.56 Å². The molecule has 24 heavy (non-hydrogen) atoms. The zero-order valence-electron chi connectivity index (χ0n) is 13.4. The van der Waals surface area contributed by atoms with Gasteiger partial charge in [-0.15, -0.1) is 0 Å². The largest absolute Gasteiger partial charge is 0.469 e. The summed E-state index contributed by atoms with van der Waals surface area (Å²) in [5, 5.41) is 0. The van der Waals surface area contributed by atoms with Crippen LogP contribution in [0.1, 0.15) is 12.0 Å². The Hall–Kier alpha value is -2.95. The maximum absolute atomic E-state index is 13.2. The number of nitrogens with zero attached hydrogens (tertiary/aromatic N) is 1. The second kappa shape index (κ2) is 8.06. The number of carbonyl (C=O) groups excluding carboxylic acids is 2. The molecule has 2 aromatic carbocycles. The zero-order valence-corrected chi connectivity index (χ0v) is 13.4. The van der Waals surface area contributed by atoms with Crippen LogP contribution >= 0.6 is 0 Å².